The fourth-order valence-corrected chi connectivity index (χ4v) is 3.78. The van der Waals surface area contributed by atoms with E-state index in [1.807, 2.05) is 12.1 Å². The summed E-state index contributed by atoms with van der Waals surface area (Å²) in [6.07, 6.45) is 4.77. The maximum atomic E-state index is 12.8. The molecule has 2 atom stereocenters. The van der Waals surface area contributed by atoms with Gasteiger partial charge in [-0.05, 0) is 18.6 Å². The number of methoxy groups -OCH3 is 3. The summed E-state index contributed by atoms with van der Waals surface area (Å²) in [5.41, 5.74) is 1.66. The van der Waals surface area contributed by atoms with E-state index in [0.29, 0.717) is 29.6 Å². The van der Waals surface area contributed by atoms with Gasteiger partial charge in [0.1, 0.15) is 12.1 Å². The van der Waals surface area contributed by atoms with Crippen molar-refractivity contribution in [1.82, 2.24) is 14.8 Å². The van der Waals surface area contributed by atoms with Crippen LogP contribution in [-0.4, -0.2) is 41.9 Å². The predicted octanol–water partition coefficient (Wildman–Crippen LogP) is 2.18. The van der Waals surface area contributed by atoms with Gasteiger partial charge >= 0.3 is 0 Å². The van der Waals surface area contributed by atoms with E-state index in [2.05, 4.69) is 21.5 Å². The van der Waals surface area contributed by atoms with Crippen LogP contribution in [0.3, 0.4) is 0 Å². The molecule has 1 aliphatic carbocycles. The smallest absolute Gasteiger partial charge is 0.226 e. The highest BCUT2D eigenvalue weighted by atomic mass is 16.5. The lowest BCUT2D eigenvalue weighted by molar-refractivity contribution is -0.123. The first-order valence-electron chi connectivity index (χ1n) is 8.37. The van der Waals surface area contributed by atoms with Crippen LogP contribution in [-0.2, 0) is 4.79 Å². The van der Waals surface area contributed by atoms with Gasteiger partial charge in [0.2, 0.25) is 11.7 Å². The number of carbonyl (C=O) groups excluding carboxylic acids is 1. The fourth-order valence-electron chi connectivity index (χ4n) is 3.78. The van der Waals surface area contributed by atoms with E-state index in [4.69, 9.17) is 14.2 Å². The Morgan fingerprint density at radius 1 is 1.15 bits per heavy atom. The highest BCUT2D eigenvalue weighted by Gasteiger charge is 2.42. The van der Waals surface area contributed by atoms with Crippen molar-refractivity contribution in [3.63, 3.8) is 0 Å². The molecule has 2 heterocycles. The van der Waals surface area contributed by atoms with Crippen molar-refractivity contribution in [2.45, 2.75) is 18.9 Å². The summed E-state index contributed by atoms with van der Waals surface area (Å²) in [6, 6.07) is 3.33. The largest absolute Gasteiger partial charge is 0.493 e. The Hall–Kier alpha value is -3.03. The Bertz CT molecular complexity index is 889. The highest BCUT2D eigenvalue weighted by Crippen LogP contribution is 2.48. The molecule has 0 saturated heterocycles. The first kappa shape index (κ1) is 16.4. The van der Waals surface area contributed by atoms with Crippen LogP contribution in [0.1, 0.15) is 24.4 Å². The van der Waals surface area contributed by atoms with Crippen molar-refractivity contribution < 1.29 is 19.0 Å². The van der Waals surface area contributed by atoms with Crippen molar-refractivity contribution in [3.8, 4) is 17.2 Å². The molecule has 1 aliphatic heterocycles. The normalized spacial score (nSPS) is 21.2. The molecule has 0 radical (unpaired) electrons. The second kappa shape index (κ2) is 6.36. The molecule has 1 aromatic carbocycles. The summed E-state index contributed by atoms with van der Waals surface area (Å²) in [5.74, 6) is 1.97. The number of ketones is 1. The number of carbonyl (C=O) groups is 1. The Balaban J connectivity index is 1.95. The third kappa shape index (κ3) is 2.33. The van der Waals surface area contributed by atoms with Crippen LogP contribution in [0.25, 0.3) is 0 Å². The van der Waals surface area contributed by atoms with Crippen molar-refractivity contribution in [3.05, 3.63) is 35.8 Å². The molecule has 1 aromatic heterocycles. The topological polar surface area (TPSA) is 87.5 Å². The number of anilines is 1. The Morgan fingerprint density at radius 2 is 1.96 bits per heavy atom. The van der Waals surface area contributed by atoms with Crippen molar-refractivity contribution >= 4 is 11.7 Å². The highest BCUT2D eigenvalue weighted by molar-refractivity contribution is 5.87. The quantitative estimate of drug-likeness (QED) is 0.898. The van der Waals surface area contributed by atoms with E-state index in [9.17, 15) is 4.79 Å². The molecule has 2 aromatic rings. The first-order valence-corrected chi connectivity index (χ1v) is 8.37. The number of nitrogens with zero attached hydrogens (tertiary/aromatic N) is 3. The Morgan fingerprint density at radius 3 is 2.69 bits per heavy atom. The van der Waals surface area contributed by atoms with Crippen LogP contribution in [0.5, 0.6) is 17.2 Å². The summed E-state index contributed by atoms with van der Waals surface area (Å²) in [7, 11) is 4.71. The molecule has 1 N–H and O–H groups in total. The standard InChI is InChI=1S/C18H20N4O4/c1-24-13-8-7-10(16(25-2)17(13)26-3)15-14-11(5-4-6-12(14)23)21-18-19-9-20-22(15)18/h5,7-9,14-15H,4,6H2,1-3H3,(H,19,20,21)/t14-,15-/m0/s1. The number of allylic oxidation sites excluding steroid dienone is 2. The molecular formula is C18H20N4O4. The average Bonchev–Trinajstić information content (AvgIpc) is 3.13. The van der Waals surface area contributed by atoms with Gasteiger partial charge < -0.3 is 19.5 Å². The van der Waals surface area contributed by atoms with E-state index in [0.717, 1.165) is 17.7 Å². The van der Waals surface area contributed by atoms with Crippen LogP contribution >= 0.6 is 0 Å². The number of nitrogens with one attached hydrogen (secondary N) is 1. The van der Waals surface area contributed by atoms with Crippen LogP contribution in [0, 0.1) is 5.92 Å². The number of aromatic nitrogens is 3. The van der Waals surface area contributed by atoms with Crippen molar-refractivity contribution in [2.24, 2.45) is 5.92 Å². The molecule has 26 heavy (non-hydrogen) atoms. The van der Waals surface area contributed by atoms with Crippen molar-refractivity contribution in [1.29, 1.82) is 0 Å². The molecule has 4 rings (SSSR count). The maximum Gasteiger partial charge on any atom is 0.226 e. The molecule has 8 nitrogen and oxygen atoms in total. The molecule has 2 aliphatic rings. The lowest BCUT2D eigenvalue weighted by Crippen LogP contribution is -2.39. The lowest BCUT2D eigenvalue weighted by Gasteiger charge is -2.36. The van der Waals surface area contributed by atoms with Gasteiger partial charge in [0.25, 0.3) is 0 Å². The maximum absolute atomic E-state index is 12.8. The second-order valence-electron chi connectivity index (χ2n) is 6.16. The van der Waals surface area contributed by atoms with E-state index in [1.54, 1.807) is 26.0 Å². The Labute approximate surface area is 150 Å². The van der Waals surface area contributed by atoms with Gasteiger partial charge in [0.15, 0.2) is 11.5 Å². The fraction of sp³-hybridized carbons (Fsp3) is 0.389. The van der Waals surface area contributed by atoms with Gasteiger partial charge in [-0.15, -0.1) is 0 Å². The number of fused-ring (bicyclic) bond motifs is 2. The van der Waals surface area contributed by atoms with Gasteiger partial charge in [-0.3, -0.25) is 4.79 Å². The summed E-state index contributed by atoms with van der Waals surface area (Å²) < 4.78 is 18.3. The molecule has 136 valence electrons. The average molecular weight is 356 g/mol. The monoisotopic (exact) mass is 356 g/mol. The van der Waals surface area contributed by atoms with Crippen LogP contribution in [0.4, 0.5) is 5.95 Å². The number of Topliss-reactive ketones (excluding diaryl/α,β-unsaturated/α-hetero) is 1. The number of rotatable bonds is 4. The predicted molar refractivity (Wildman–Crippen MR) is 93.7 cm³/mol. The van der Waals surface area contributed by atoms with Crippen LogP contribution in [0.15, 0.2) is 30.2 Å². The lowest BCUT2D eigenvalue weighted by atomic mass is 9.80. The zero-order valence-electron chi connectivity index (χ0n) is 14.9. The summed E-state index contributed by atoms with van der Waals surface area (Å²) in [6.45, 7) is 0. The number of ether oxygens (including phenoxy) is 3. The molecule has 8 heteroatoms. The minimum atomic E-state index is -0.373. The third-order valence-corrected chi connectivity index (χ3v) is 4.90. The number of hydrogen-bond donors (Lipinski definition) is 1. The third-order valence-electron chi connectivity index (χ3n) is 4.90. The van der Waals surface area contributed by atoms with Gasteiger partial charge in [0.05, 0.1) is 33.3 Å². The molecule has 0 amide bonds. The summed E-state index contributed by atoms with van der Waals surface area (Å²) in [5, 5.41) is 7.58. The van der Waals surface area contributed by atoms with E-state index >= 15 is 0 Å². The van der Waals surface area contributed by atoms with Crippen LogP contribution < -0.4 is 19.5 Å². The first-order chi connectivity index (χ1) is 12.7. The summed E-state index contributed by atoms with van der Waals surface area (Å²) in [4.78, 5) is 17.1. The molecule has 0 spiro atoms. The molecule has 0 fully saturated rings. The molecular weight excluding hydrogens is 336 g/mol. The zero-order valence-corrected chi connectivity index (χ0v) is 14.9. The van der Waals surface area contributed by atoms with Gasteiger partial charge in [-0.1, -0.05) is 6.08 Å². The van der Waals surface area contributed by atoms with Gasteiger partial charge in [-0.25, -0.2) is 4.68 Å². The van der Waals surface area contributed by atoms with Gasteiger partial charge in [-0.2, -0.15) is 10.1 Å². The van der Waals surface area contributed by atoms with E-state index in [1.165, 1.54) is 6.33 Å². The minimum Gasteiger partial charge on any atom is -0.493 e. The van der Waals surface area contributed by atoms with Crippen LogP contribution in [0.2, 0.25) is 0 Å². The van der Waals surface area contributed by atoms with E-state index in [-0.39, 0.29) is 17.7 Å². The Kier molecular flexibility index (Phi) is 4.02. The minimum absolute atomic E-state index is 0.165. The molecule has 0 bridgehead atoms. The summed E-state index contributed by atoms with van der Waals surface area (Å²) >= 11 is 0. The SMILES string of the molecule is COc1ccc([C@H]2[C@@H]3C(=O)CCC=C3Nc3ncnn32)c(OC)c1OC. The number of benzene rings is 1. The van der Waals surface area contributed by atoms with E-state index < -0.39 is 0 Å². The zero-order chi connectivity index (χ0) is 18.3. The molecule has 0 unspecified atom stereocenters. The van der Waals surface area contributed by atoms with Gasteiger partial charge in [0, 0.05) is 17.7 Å². The second-order valence-corrected chi connectivity index (χ2v) is 6.16. The van der Waals surface area contributed by atoms with Crippen molar-refractivity contribution in [2.75, 3.05) is 26.6 Å². The number of hydrogen-bond acceptors (Lipinski definition) is 7. The molecule has 0 saturated carbocycles.